The number of nitrogens with one attached hydrogen (secondary N) is 1. The van der Waals surface area contributed by atoms with E-state index in [0.717, 1.165) is 31.7 Å². The van der Waals surface area contributed by atoms with Gasteiger partial charge in [-0.1, -0.05) is 23.7 Å². The highest BCUT2D eigenvalue weighted by Crippen LogP contribution is 2.27. The lowest BCUT2D eigenvalue weighted by atomic mass is 10.1. The van der Waals surface area contributed by atoms with Crippen molar-refractivity contribution in [2.24, 2.45) is 0 Å². The maximum atomic E-state index is 12.5. The van der Waals surface area contributed by atoms with Crippen molar-refractivity contribution >= 4 is 29.1 Å². The first-order valence-corrected chi connectivity index (χ1v) is 9.20. The number of halogens is 1. The predicted molar refractivity (Wildman–Crippen MR) is 104 cm³/mol. The summed E-state index contributed by atoms with van der Waals surface area (Å²) in [7, 11) is 0. The molecule has 138 valence electrons. The van der Waals surface area contributed by atoms with Crippen LogP contribution in [-0.2, 0) is 0 Å². The van der Waals surface area contributed by atoms with E-state index in [1.807, 2.05) is 10.7 Å². The Labute approximate surface area is 162 Å². The molecule has 0 radical (unpaired) electrons. The summed E-state index contributed by atoms with van der Waals surface area (Å²) in [4.78, 5) is 23.3. The van der Waals surface area contributed by atoms with Crippen LogP contribution in [0.4, 0.5) is 11.6 Å². The topological polar surface area (TPSA) is 75.9 Å². The van der Waals surface area contributed by atoms with Crippen LogP contribution in [0.25, 0.3) is 0 Å². The molecule has 27 heavy (non-hydrogen) atoms. The Morgan fingerprint density at radius 1 is 1.11 bits per heavy atom. The molecule has 1 fully saturated rings. The van der Waals surface area contributed by atoms with Gasteiger partial charge in [-0.25, -0.2) is 9.67 Å². The van der Waals surface area contributed by atoms with E-state index in [1.165, 1.54) is 0 Å². The van der Waals surface area contributed by atoms with Crippen LogP contribution in [0.5, 0.6) is 0 Å². The third-order valence-corrected chi connectivity index (χ3v) is 5.04. The smallest absolute Gasteiger partial charge is 0.258 e. The van der Waals surface area contributed by atoms with Gasteiger partial charge in [-0.2, -0.15) is 5.10 Å². The van der Waals surface area contributed by atoms with Gasteiger partial charge in [0.25, 0.3) is 5.91 Å². The summed E-state index contributed by atoms with van der Waals surface area (Å²) in [5, 5.41) is 7.79. The zero-order valence-electron chi connectivity index (χ0n) is 14.6. The average molecular weight is 383 g/mol. The van der Waals surface area contributed by atoms with Crippen LogP contribution in [0, 0.1) is 0 Å². The molecule has 3 aromatic rings. The van der Waals surface area contributed by atoms with Gasteiger partial charge in [0, 0.05) is 31.5 Å². The zero-order valence-corrected chi connectivity index (χ0v) is 15.4. The maximum absolute atomic E-state index is 12.5. The lowest BCUT2D eigenvalue weighted by molar-refractivity contribution is 0.102. The van der Waals surface area contributed by atoms with Crippen LogP contribution in [0.3, 0.4) is 0 Å². The first-order valence-electron chi connectivity index (χ1n) is 8.83. The van der Waals surface area contributed by atoms with Crippen molar-refractivity contribution in [1.29, 1.82) is 0 Å². The van der Waals surface area contributed by atoms with E-state index >= 15 is 0 Å². The molecule has 0 saturated carbocycles. The predicted octanol–water partition coefficient (Wildman–Crippen LogP) is 3.42. The largest absolute Gasteiger partial charge is 0.355 e. The first kappa shape index (κ1) is 17.5. The number of carbonyl (C=O) groups is 1. The molecular formula is C19H19ClN6O. The molecule has 4 rings (SSSR count). The van der Waals surface area contributed by atoms with E-state index in [9.17, 15) is 4.79 Å². The van der Waals surface area contributed by atoms with E-state index in [0.29, 0.717) is 16.4 Å². The molecule has 1 aromatic carbocycles. The lowest BCUT2D eigenvalue weighted by Gasteiger charge is -2.33. The fourth-order valence-corrected chi connectivity index (χ4v) is 3.55. The number of hydrogen-bond acceptors (Lipinski definition) is 5. The van der Waals surface area contributed by atoms with E-state index in [1.54, 1.807) is 49.1 Å². The first-order chi connectivity index (χ1) is 13.2. The number of aromatic nitrogens is 4. The van der Waals surface area contributed by atoms with Crippen LogP contribution in [0.15, 0.2) is 55.1 Å². The summed E-state index contributed by atoms with van der Waals surface area (Å²) in [5.74, 6) is 1.33. The van der Waals surface area contributed by atoms with Crippen molar-refractivity contribution in [3.05, 3.63) is 65.7 Å². The molecule has 0 bridgehead atoms. The summed E-state index contributed by atoms with van der Waals surface area (Å²) in [6, 6.07) is 9.03. The van der Waals surface area contributed by atoms with Gasteiger partial charge in [0.1, 0.15) is 11.6 Å². The highest BCUT2D eigenvalue weighted by atomic mass is 35.5. The minimum atomic E-state index is -0.237. The monoisotopic (exact) mass is 382 g/mol. The van der Waals surface area contributed by atoms with E-state index in [4.69, 9.17) is 11.6 Å². The van der Waals surface area contributed by atoms with E-state index in [-0.39, 0.29) is 11.9 Å². The van der Waals surface area contributed by atoms with Crippen molar-refractivity contribution in [2.75, 3.05) is 23.3 Å². The quantitative estimate of drug-likeness (QED) is 0.748. The second-order valence-corrected chi connectivity index (χ2v) is 6.78. The Balaban J connectivity index is 1.44. The van der Waals surface area contributed by atoms with Crippen molar-refractivity contribution in [1.82, 2.24) is 19.7 Å². The second kappa shape index (κ2) is 7.75. The van der Waals surface area contributed by atoms with Crippen molar-refractivity contribution < 1.29 is 4.79 Å². The van der Waals surface area contributed by atoms with Gasteiger partial charge in [-0.3, -0.25) is 9.78 Å². The van der Waals surface area contributed by atoms with Crippen LogP contribution in [0.2, 0.25) is 5.02 Å². The van der Waals surface area contributed by atoms with Gasteiger partial charge >= 0.3 is 0 Å². The molecule has 8 heteroatoms. The van der Waals surface area contributed by atoms with E-state index < -0.39 is 0 Å². The maximum Gasteiger partial charge on any atom is 0.258 e. The molecule has 3 heterocycles. The minimum Gasteiger partial charge on any atom is -0.355 e. The number of anilines is 2. The Morgan fingerprint density at radius 3 is 2.67 bits per heavy atom. The average Bonchev–Trinajstić information content (AvgIpc) is 3.17. The summed E-state index contributed by atoms with van der Waals surface area (Å²) in [6.07, 6.45) is 8.69. The third kappa shape index (κ3) is 3.78. The Bertz CT molecular complexity index is 921. The van der Waals surface area contributed by atoms with Crippen LogP contribution in [0.1, 0.15) is 29.2 Å². The van der Waals surface area contributed by atoms with Crippen molar-refractivity contribution in [3.8, 4) is 0 Å². The molecule has 1 N–H and O–H groups in total. The molecule has 1 aliphatic rings. The van der Waals surface area contributed by atoms with Gasteiger partial charge in [-0.05, 0) is 25.0 Å². The number of rotatable bonds is 4. The third-order valence-electron chi connectivity index (χ3n) is 4.71. The molecule has 7 nitrogen and oxygen atoms in total. The molecule has 0 atom stereocenters. The van der Waals surface area contributed by atoms with Crippen LogP contribution in [-0.4, -0.2) is 38.7 Å². The Morgan fingerprint density at radius 2 is 1.93 bits per heavy atom. The number of piperidine rings is 1. The molecule has 0 unspecified atom stereocenters. The molecule has 1 aliphatic heterocycles. The standard InChI is InChI=1S/C19H19ClN6O/c20-16-4-2-1-3-15(16)19(27)24-17-5-8-23-26(17)14-6-11-25(12-7-14)18-13-21-9-10-22-18/h1-5,8-10,13-14H,6-7,11-12H2,(H,24,27). The molecule has 2 aromatic heterocycles. The number of carbonyl (C=O) groups excluding carboxylic acids is 1. The van der Waals surface area contributed by atoms with Gasteiger partial charge in [0.15, 0.2) is 0 Å². The van der Waals surface area contributed by atoms with Gasteiger partial charge in [0.2, 0.25) is 0 Å². The summed E-state index contributed by atoms with van der Waals surface area (Å²) < 4.78 is 1.89. The van der Waals surface area contributed by atoms with Crippen LogP contribution >= 0.6 is 11.6 Å². The van der Waals surface area contributed by atoms with Gasteiger partial charge in [-0.15, -0.1) is 0 Å². The molecule has 1 amide bonds. The highest BCUT2D eigenvalue weighted by molar-refractivity contribution is 6.34. The molecule has 0 spiro atoms. The van der Waals surface area contributed by atoms with Gasteiger partial charge < -0.3 is 10.2 Å². The normalized spacial score (nSPS) is 14.9. The summed E-state index contributed by atoms with van der Waals surface area (Å²) in [5.41, 5.74) is 0.449. The number of amides is 1. The number of nitrogens with zero attached hydrogens (tertiary/aromatic N) is 5. The lowest BCUT2D eigenvalue weighted by Crippen LogP contribution is -2.35. The van der Waals surface area contributed by atoms with Crippen LogP contribution < -0.4 is 10.2 Å². The summed E-state index contributed by atoms with van der Waals surface area (Å²) >= 11 is 6.12. The van der Waals surface area contributed by atoms with Crippen molar-refractivity contribution in [2.45, 2.75) is 18.9 Å². The highest BCUT2D eigenvalue weighted by Gasteiger charge is 2.24. The molecule has 1 saturated heterocycles. The Kier molecular flexibility index (Phi) is 5.02. The SMILES string of the molecule is O=C(Nc1ccnn1C1CCN(c2cnccn2)CC1)c1ccccc1Cl. The fraction of sp³-hybridized carbons (Fsp3) is 0.263. The summed E-state index contributed by atoms with van der Waals surface area (Å²) in [6.45, 7) is 1.72. The number of benzene rings is 1. The van der Waals surface area contributed by atoms with E-state index in [2.05, 4.69) is 25.3 Å². The van der Waals surface area contributed by atoms with Crippen molar-refractivity contribution in [3.63, 3.8) is 0 Å². The number of hydrogen-bond donors (Lipinski definition) is 1. The fourth-order valence-electron chi connectivity index (χ4n) is 3.33. The molecule has 0 aliphatic carbocycles. The molecular weight excluding hydrogens is 364 g/mol. The Hall–Kier alpha value is -2.93. The zero-order chi connectivity index (χ0) is 18.6. The van der Waals surface area contributed by atoms with Gasteiger partial charge in [0.05, 0.1) is 29.0 Å². The second-order valence-electron chi connectivity index (χ2n) is 6.38. The minimum absolute atomic E-state index is 0.217.